The number of alkyl halides is 3. The van der Waals surface area contributed by atoms with Crippen molar-refractivity contribution in [3.05, 3.63) is 36.0 Å². The minimum atomic E-state index is -4.59. The molecule has 0 unspecified atom stereocenters. The predicted molar refractivity (Wildman–Crippen MR) is 115 cm³/mol. The molecule has 1 saturated carbocycles. The number of aromatic nitrogens is 2. The molecule has 0 amide bonds. The van der Waals surface area contributed by atoms with E-state index in [0.717, 1.165) is 50.7 Å². The molecule has 4 rings (SSSR count). The van der Waals surface area contributed by atoms with Crippen LogP contribution in [0.25, 0.3) is 0 Å². The Morgan fingerprint density at radius 2 is 1.78 bits per heavy atom. The van der Waals surface area contributed by atoms with Crippen LogP contribution >= 0.6 is 0 Å². The highest BCUT2D eigenvalue weighted by Crippen LogP contribution is 2.36. The van der Waals surface area contributed by atoms with Crippen LogP contribution in [0, 0.1) is 5.92 Å². The van der Waals surface area contributed by atoms with Crippen molar-refractivity contribution in [1.29, 1.82) is 0 Å². The van der Waals surface area contributed by atoms with Crippen LogP contribution in [0.4, 0.5) is 30.5 Å². The van der Waals surface area contributed by atoms with E-state index in [-0.39, 0.29) is 24.5 Å². The maximum Gasteiger partial charge on any atom is 0.423 e. The third-order valence-corrected chi connectivity index (χ3v) is 5.91. The van der Waals surface area contributed by atoms with Gasteiger partial charge >= 0.3 is 6.18 Å². The molecule has 1 aromatic heterocycles. The lowest BCUT2D eigenvalue weighted by atomic mass is 9.87. The highest BCUT2D eigenvalue weighted by molar-refractivity contribution is 5.59. The minimum Gasteiger partial charge on any atom is -0.477 e. The van der Waals surface area contributed by atoms with Gasteiger partial charge in [0.25, 0.3) is 0 Å². The van der Waals surface area contributed by atoms with Gasteiger partial charge in [-0.1, -0.05) is 0 Å². The van der Waals surface area contributed by atoms with E-state index in [1.54, 1.807) is 0 Å². The number of hydrogen-bond donors (Lipinski definition) is 2. The molecule has 2 fully saturated rings. The van der Waals surface area contributed by atoms with Crippen LogP contribution in [0.3, 0.4) is 0 Å². The molecule has 2 aromatic rings. The van der Waals surface area contributed by atoms with E-state index in [1.165, 1.54) is 0 Å². The molecule has 3 N–H and O–H groups in total. The number of morpholine rings is 1. The van der Waals surface area contributed by atoms with Crippen LogP contribution in [0.1, 0.15) is 31.2 Å². The van der Waals surface area contributed by atoms with Crippen LogP contribution in [0.15, 0.2) is 30.5 Å². The first-order valence-corrected chi connectivity index (χ1v) is 10.9. The average molecular weight is 451 g/mol. The zero-order valence-corrected chi connectivity index (χ0v) is 17.8. The Labute approximate surface area is 185 Å². The van der Waals surface area contributed by atoms with E-state index < -0.39 is 17.6 Å². The quantitative estimate of drug-likeness (QED) is 0.687. The van der Waals surface area contributed by atoms with Gasteiger partial charge in [-0.25, -0.2) is 4.98 Å². The second-order valence-corrected chi connectivity index (χ2v) is 8.27. The van der Waals surface area contributed by atoms with Crippen molar-refractivity contribution in [2.45, 2.75) is 37.9 Å². The molecule has 7 nitrogen and oxygen atoms in total. The standard InChI is InChI=1S/C22H28F3N5O2/c23-22(24,25)19-13-27-21(29-20(19)32-14-15-1-3-16(26)4-2-15)28-17-5-7-18(8-6-17)30-9-11-31-12-10-30/h5-8,13,15-16H,1-4,9-12,14,26H2,(H,27,28,29)/t15-,16-. The van der Waals surface area contributed by atoms with Crippen molar-refractivity contribution in [2.75, 3.05) is 43.1 Å². The van der Waals surface area contributed by atoms with Gasteiger partial charge < -0.3 is 25.4 Å². The summed E-state index contributed by atoms with van der Waals surface area (Å²) in [5.41, 5.74) is 6.66. The van der Waals surface area contributed by atoms with Gasteiger partial charge in [-0.2, -0.15) is 18.2 Å². The molecule has 0 radical (unpaired) electrons. The molecule has 0 atom stereocenters. The number of benzene rings is 1. The number of anilines is 3. The molecule has 1 aliphatic carbocycles. The third-order valence-electron chi connectivity index (χ3n) is 5.91. The van der Waals surface area contributed by atoms with Crippen LogP contribution in [-0.2, 0) is 10.9 Å². The summed E-state index contributed by atoms with van der Waals surface area (Å²) in [6.45, 7) is 3.21. The molecule has 174 valence electrons. The van der Waals surface area contributed by atoms with Crippen molar-refractivity contribution < 1.29 is 22.6 Å². The maximum atomic E-state index is 13.4. The fraction of sp³-hybridized carbons (Fsp3) is 0.545. The number of ether oxygens (including phenoxy) is 2. The van der Waals surface area contributed by atoms with Crippen LogP contribution in [-0.4, -0.2) is 48.9 Å². The largest absolute Gasteiger partial charge is 0.477 e. The van der Waals surface area contributed by atoms with Gasteiger partial charge in [0.1, 0.15) is 5.56 Å². The average Bonchev–Trinajstić information content (AvgIpc) is 2.79. The first-order chi connectivity index (χ1) is 15.4. The Hall–Kier alpha value is -2.59. The predicted octanol–water partition coefficient (Wildman–Crippen LogP) is 3.97. The van der Waals surface area contributed by atoms with Crippen molar-refractivity contribution >= 4 is 17.3 Å². The van der Waals surface area contributed by atoms with Crippen molar-refractivity contribution in [3.63, 3.8) is 0 Å². The van der Waals surface area contributed by atoms with E-state index in [0.29, 0.717) is 18.9 Å². The summed E-state index contributed by atoms with van der Waals surface area (Å²) in [5, 5.41) is 2.97. The summed E-state index contributed by atoms with van der Waals surface area (Å²) in [6, 6.07) is 7.75. The summed E-state index contributed by atoms with van der Waals surface area (Å²) in [6.07, 6.45) is -0.428. The van der Waals surface area contributed by atoms with Crippen LogP contribution < -0.4 is 20.7 Å². The Morgan fingerprint density at radius 1 is 1.09 bits per heavy atom. The number of rotatable bonds is 6. The second-order valence-electron chi connectivity index (χ2n) is 8.27. The van der Waals surface area contributed by atoms with Crippen molar-refractivity contribution in [3.8, 4) is 5.88 Å². The summed E-state index contributed by atoms with van der Waals surface area (Å²) >= 11 is 0. The molecule has 10 heteroatoms. The Kier molecular flexibility index (Phi) is 7.00. The monoisotopic (exact) mass is 451 g/mol. The molecular formula is C22H28F3N5O2. The fourth-order valence-corrected chi connectivity index (χ4v) is 3.99. The number of nitrogens with zero attached hydrogens (tertiary/aromatic N) is 3. The van der Waals surface area contributed by atoms with E-state index in [9.17, 15) is 13.2 Å². The maximum absolute atomic E-state index is 13.4. The van der Waals surface area contributed by atoms with Gasteiger partial charge in [0.2, 0.25) is 11.8 Å². The molecule has 0 bridgehead atoms. The Morgan fingerprint density at radius 3 is 2.44 bits per heavy atom. The minimum absolute atomic E-state index is 0.0535. The summed E-state index contributed by atoms with van der Waals surface area (Å²) in [7, 11) is 0. The summed E-state index contributed by atoms with van der Waals surface area (Å²) in [5.74, 6) is -0.220. The first-order valence-electron chi connectivity index (χ1n) is 10.9. The molecule has 0 spiro atoms. The third kappa shape index (κ3) is 5.80. The van der Waals surface area contributed by atoms with Gasteiger partial charge in [0, 0.05) is 36.7 Å². The van der Waals surface area contributed by atoms with Gasteiger partial charge in [0.15, 0.2) is 0 Å². The summed E-state index contributed by atoms with van der Waals surface area (Å²) in [4.78, 5) is 10.1. The van der Waals surface area contributed by atoms with Gasteiger partial charge in [0.05, 0.1) is 19.8 Å². The van der Waals surface area contributed by atoms with Crippen molar-refractivity contribution in [1.82, 2.24) is 9.97 Å². The molecule has 1 saturated heterocycles. The highest BCUT2D eigenvalue weighted by Gasteiger charge is 2.36. The number of halogens is 3. The molecule has 2 aliphatic rings. The lowest BCUT2D eigenvalue weighted by molar-refractivity contribution is -0.139. The lowest BCUT2D eigenvalue weighted by Gasteiger charge is -2.28. The van der Waals surface area contributed by atoms with Crippen LogP contribution in [0.2, 0.25) is 0 Å². The molecule has 1 aliphatic heterocycles. The van der Waals surface area contributed by atoms with Crippen LogP contribution in [0.5, 0.6) is 5.88 Å². The Bertz CT molecular complexity index is 880. The Balaban J connectivity index is 1.44. The molecular weight excluding hydrogens is 423 g/mol. The zero-order valence-electron chi connectivity index (χ0n) is 17.8. The van der Waals surface area contributed by atoms with Crippen molar-refractivity contribution in [2.24, 2.45) is 11.7 Å². The smallest absolute Gasteiger partial charge is 0.423 e. The molecule has 32 heavy (non-hydrogen) atoms. The molecule has 1 aromatic carbocycles. The SMILES string of the molecule is N[C@H]1CC[C@H](COc2nc(Nc3ccc(N4CCOCC4)cc3)ncc2C(F)(F)F)CC1. The van der Waals surface area contributed by atoms with E-state index in [2.05, 4.69) is 20.2 Å². The number of nitrogens with one attached hydrogen (secondary N) is 1. The van der Waals surface area contributed by atoms with E-state index >= 15 is 0 Å². The van der Waals surface area contributed by atoms with E-state index in [4.69, 9.17) is 15.2 Å². The van der Waals surface area contributed by atoms with Gasteiger partial charge in [-0.3, -0.25) is 0 Å². The molecule has 2 heterocycles. The lowest BCUT2D eigenvalue weighted by Crippen LogP contribution is -2.36. The zero-order chi connectivity index (χ0) is 22.6. The number of nitrogens with two attached hydrogens (primary N) is 1. The second kappa shape index (κ2) is 9.91. The normalized spacial score (nSPS) is 21.9. The van der Waals surface area contributed by atoms with E-state index in [1.807, 2.05) is 24.3 Å². The van der Waals surface area contributed by atoms with Gasteiger partial charge in [-0.15, -0.1) is 0 Å². The highest BCUT2D eigenvalue weighted by atomic mass is 19.4. The fourth-order valence-electron chi connectivity index (χ4n) is 3.99. The summed E-state index contributed by atoms with van der Waals surface area (Å²) < 4.78 is 51.2. The first kappa shape index (κ1) is 22.6. The van der Waals surface area contributed by atoms with Gasteiger partial charge in [-0.05, 0) is 55.9 Å². The topological polar surface area (TPSA) is 85.5 Å². The number of hydrogen-bond acceptors (Lipinski definition) is 7.